The maximum absolute atomic E-state index is 5.09. The molecule has 0 radical (unpaired) electrons. The summed E-state index contributed by atoms with van der Waals surface area (Å²) < 4.78 is 0. The maximum atomic E-state index is 5.09. The number of nitrogens with zero attached hydrogens (tertiary/aromatic N) is 4. The second kappa shape index (κ2) is 26.0. The molecule has 0 saturated carbocycles. The van der Waals surface area contributed by atoms with E-state index in [4.69, 9.17) is 12.6 Å². The fraction of sp³-hybridized carbons (Fsp3) is 0.120. The summed E-state index contributed by atoms with van der Waals surface area (Å²) in [5.74, 6) is 0. The summed E-state index contributed by atoms with van der Waals surface area (Å²) >= 11 is 11.0. The zero-order chi connectivity index (χ0) is 41.9. The van der Waals surface area contributed by atoms with Gasteiger partial charge in [-0.3, -0.25) is 19.9 Å². The van der Waals surface area contributed by atoms with E-state index >= 15 is 0 Å². The molecule has 8 rings (SSSR count). The molecular weight excluding hydrogens is 1150 g/mol. The third-order valence-electron chi connectivity index (χ3n) is 8.64. The minimum atomic E-state index is 0. The van der Waals surface area contributed by atoms with E-state index in [-0.39, 0.29) is 21.1 Å². The molecule has 8 aromatic rings. The summed E-state index contributed by atoms with van der Waals surface area (Å²) in [5, 5.41) is 0. The average Bonchev–Trinajstić information content (AvgIpc) is 3.27. The predicted octanol–water partition coefficient (Wildman–Crippen LogP) is 13.3. The van der Waals surface area contributed by atoms with Gasteiger partial charge in [-0.2, -0.15) is 4.90 Å². The van der Waals surface area contributed by atoms with Gasteiger partial charge in [-0.25, -0.2) is 0 Å². The molecule has 4 aromatic heterocycles. The van der Waals surface area contributed by atoms with Crippen LogP contribution in [-0.2, 0) is 52.5 Å². The first-order chi connectivity index (χ1) is 28.1. The Kier molecular flexibility index (Phi) is 21.7. The van der Waals surface area contributed by atoms with Gasteiger partial charge in [-0.15, -0.1) is 60.2 Å². The summed E-state index contributed by atoms with van der Waals surface area (Å²) in [6, 6.07) is 51.0. The Balaban J connectivity index is 0.000000218. The van der Waals surface area contributed by atoms with E-state index < -0.39 is 0 Å². The van der Waals surface area contributed by atoms with Gasteiger partial charge in [-0.05, 0) is 63.1 Å². The van der Waals surface area contributed by atoms with Gasteiger partial charge in [0.15, 0.2) is 0 Å². The Bertz CT molecular complexity index is 2130. The molecule has 0 fully saturated rings. The third kappa shape index (κ3) is 15.7. The molecule has 0 aliphatic carbocycles. The summed E-state index contributed by atoms with van der Waals surface area (Å²) in [6.07, 6.45) is 7.19. The SMILES string of the molecule is Cc1cc(-c2ccccn2)[c-]c(-c2ccccn2)c1.Cc1cc(-c2ccccn2)[c-]c(-c2ccccn2)c1.Cc1cccc(C)c1S.Cc1cccc(C)c1[S-].[Cl][Pt+].[Pt+2]. The molecule has 4 heterocycles. The Morgan fingerprint density at radius 2 is 0.712 bits per heavy atom. The van der Waals surface area contributed by atoms with E-state index in [1.165, 1.54) is 33.4 Å². The van der Waals surface area contributed by atoms with Gasteiger partial charge in [-0.1, -0.05) is 132 Å². The van der Waals surface area contributed by atoms with Crippen molar-refractivity contribution in [2.45, 2.75) is 51.3 Å². The number of hydrogen-bond acceptors (Lipinski definition) is 6. The van der Waals surface area contributed by atoms with E-state index in [0.717, 1.165) is 54.8 Å². The average molecular weight is 1190 g/mol. The fourth-order valence-corrected chi connectivity index (χ4v) is 5.96. The molecule has 0 unspecified atom stereocenters. The molecule has 0 bridgehead atoms. The van der Waals surface area contributed by atoms with Crippen LogP contribution in [0.5, 0.6) is 0 Å². The van der Waals surface area contributed by atoms with Gasteiger partial charge >= 0.3 is 49.3 Å². The fourth-order valence-electron chi connectivity index (χ4n) is 5.67. The van der Waals surface area contributed by atoms with E-state index in [9.17, 15) is 0 Å². The minimum absolute atomic E-state index is 0. The molecule has 4 nitrogen and oxygen atoms in total. The van der Waals surface area contributed by atoms with E-state index in [2.05, 4.69) is 118 Å². The van der Waals surface area contributed by atoms with Crippen LogP contribution < -0.4 is 0 Å². The van der Waals surface area contributed by atoms with Crippen LogP contribution >= 0.6 is 22.0 Å². The second-order valence-corrected chi connectivity index (χ2v) is 14.1. The Hall–Kier alpha value is -4.28. The van der Waals surface area contributed by atoms with Crippen molar-refractivity contribution >= 4 is 34.7 Å². The molecule has 4 aromatic carbocycles. The van der Waals surface area contributed by atoms with E-state index in [0.29, 0.717) is 0 Å². The first kappa shape index (κ1) is 49.1. The summed E-state index contributed by atoms with van der Waals surface area (Å²) in [7, 11) is 4.61. The quantitative estimate of drug-likeness (QED) is 0.108. The molecule has 0 aliphatic rings. The van der Waals surface area contributed by atoms with Gasteiger partial charge in [0.1, 0.15) is 0 Å². The normalized spacial score (nSPS) is 9.73. The number of thiol groups is 1. The van der Waals surface area contributed by atoms with Crippen LogP contribution in [0, 0.1) is 53.7 Å². The predicted molar refractivity (Wildman–Crippen MR) is 244 cm³/mol. The Labute approximate surface area is 391 Å². The molecule has 0 spiro atoms. The van der Waals surface area contributed by atoms with Crippen molar-refractivity contribution in [2.75, 3.05) is 0 Å². The number of pyridine rings is 4. The second-order valence-electron chi connectivity index (χ2n) is 13.3. The van der Waals surface area contributed by atoms with E-state index in [1.807, 2.05) is 111 Å². The zero-order valence-electron chi connectivity index (χ0n) is 33.7. The van der Waals surface area contributed by atoms with Crippen molar-refractivity contribution in [3.63, 3.8) is 0 Å². The van der Waals surface area contributed by atoms with Crippen LogP contribution in [0.15, 0.2) is 168 Å². The van der Waals surface area contributed by atoms with E-state index in [1.54, 1.807) is 43.6 Å². The smallest absolute Gasteiger partial charge is 2.00 e. The van der Waals surface area contributed by atoms with Gasteiger partial charge in [0.2, 0.25) is 0 Å². The van der Waals surface area contributed by atoms with Crippen LogP contribution in [0.1, 0.15) is 33.4 Å². The van der Waals surface area contributed by atoms with Crippen molar-refractivity contribution in [3.8, 4) is 45.0 Å². The number of aryl methyl sites for hydroxylation is 6. The van der Waals surface area contributed by atoms with Gasteiger partial charge in [0.05, 0.1) is 0 Å². The van der Waals surface area contributed by atoms with Crippen molar-refractivity contribution in [2.24, 2.45) is 0 Å². The van der Waals surface area contributed by atoms with Crippen LogP contribution in [0.4, 0.5) is 0 Å². The monoisotopic (exact) mass is 1190 g/mol. The number of benzene rings is 4. The van der Waals surface area contributed by atoms with Crippen LogP contribution in [0.2, 0.25) is 0 Å². The number of rotatable bonds is 4. The van der Waals surface area contributed by atoms with Crippen molar-refractivity contribution in [1.82, 2.24) is 19.9 Å². The molecule has 59 heavy (non-hydrogen) atoms. The minimum Gasteiger partial charge on any atom is 2.00 e. The Morgan fingerprint density at radius 1 is 0.441 bits per heavy atom. The molecule has 0 amide bonds. The van der Waals surface area contributed by atoms with Crippen molar-refractivity contribution < 1.29 is 39.8 Å². The molecular formula is C50H45ClN4Pt2S2. The third-order valence-corrected chi connectivity index (χ3v) is 9.99. The molecule has 0 N–H and O–H groups in total. The van der Waals surface area contributed by atoms with Crippen molar-refractivity contribution in [3.05, 3.63) is 204 Å². The van der Waals surface area contributed by atoms with Gasteiger partial charge < -0.3 is 12.6 Å². The summed E-state index contributed by atoms with van der Waals surface area (Å²) in [4.78, 5) is 19.6. The number of halogens is 1. The van der Waals surface area contributed by atoms with Crippen LogP contribution in [-0.4, -0.2) is 19.9 Å². The molecule has 0 atom stereocenters. The van der Waals surface area contributed by atoms with Crippen LogP contribution in [0.3, 0.4) is 0 Å². The first-order valence-corrected chi connectivity index (χ1v) is 22.1. The Morgan fingerprint density at radius 3 is 0.932 bits per heavy atom. The maximum Gasteiger partial charge on any atom is 2.00 e. The molecule has 0 saturated heterocycles. The standard InChI is InChI=1S/2C17H13N2.2C8H10S.ClH.2Pt/c2*1-13-10-14(16-6-2-4-8-18-16)12-15(11-13)17-7-3-5-9-19-17;2*1-6-4-3-5-7(2)8(6)9;;;/h2*2-11H,1H3;2*3-5,9H,1-2H3;1H;;/q2*-1;;;;2*+2/p-2. The zero-order valence-corrected chi connectivity index (χ0v) is 40.7. The topological polar surface area (TPSA) is 51.6 Å². The largest absolute Gasteiger partial charge is 2.00 e. The van der Waals surface area contributed by atoms with Gasteiger partial charge in [0.25, 0.3) is 0 Å². The molecule has 304 valence electrons. The van der Waals surface area contributed by atoms with Crippen molar-refractivity contribution in [1.29, 1.82) is 0 Å². The van der Waals surface area contributed by atoms with Gasteiger partial charge in [0, 0.05) is 52.5 Å². The van der Waals surface area contributed by atoms with Crippen LogP contribution in [0.25, 0.3) is 45.0 Å². The number of hydrogen-bond donors (Lipinski definition) is 1. The number of aromatic nitrogens is 4. The summed E-state index contributed by atoms with van der Waals surface area (Å²) in [5.41, 5.74) is 15.0. The molecule has 9 heteroatoms. The summed E-state index contributed by atoms with van der Waals surface area (Å²) in [6.45, 7) is 12.4. The first-order valence-electron chi connectivity index (χ1n) is 18.4. The molecule has 0 aliphatic heterocycles.